The van der Waals surface area contributed by atoms with Crippen LogP contribution in [0.1, 0.15) is 0 Å². The summed E-state index contributed by atoms with van der Waals surface area (Å²) in [5.41, 5.74) is -0.405. The van der Waals surface area contributed by atoms with Gasteiger partial charge in [0.1, 0.15) is 17.3 Å². The molecule has 0 amide bonds. The highest BCUT2D eigenvalue weighted by Crippen LogP contribution is 2.32. The van der Waals surface area contributed by atoms with Gasteiger partial charge in [-0.25, -0.2) is 4.39 Å². The van der Waals surface area contributed by atoms with E-state index < -0.39 is 27.2 Å². The predicted octanol–water partition coefficient (Wildman–Crippen LogP) is 2.81. The van der Waals surface area contributed by atoms with Crippen molar-refractivity contribution in [3.8, 4) is 5.75 Å². The lowest BCUT2D eigenvalue weighted by molar-refractivity contribution is -0.386. The van der Waals surface area contributed by atoms with Gasteiger partial charge in [-0.2, -0.15) is 0 Å². The number of alkyl halides is 1. The molecule has 0 spiro atoms. The van der Waals surface area contributed by atoms with Gasteiger partial charge in [0, 0.05) is 12.1 Å². The van der Waals surface area contributed by atoms with Crippen LogP contribution < -0.4 is 4.74 Å². The van der Waals surface area contributed by atoms with Gasteiger partial charge in [0.15, 0.2) is 5.75 Å². The van der Waals surface area contributed by atoms with Gasteiger partial charge in [-0.1, -0.05) is 15.9 Å². The van der Waals surface area contributed by atoms with Gasteiger partial charge in [-0.15, -0.1) is 0 Å². The number of nitro benzene ring substituents is 1. The van der Waals surface area contributed by atoms with E-state index in [2.05, 4.69) is 36.6 Å². The molecule has 0 heterocycles. The Labute approximate surface area is 124 Å². The summed E-state index contributed by atoms with van der Waals surface area (Å²) in [5, 5.41) is 10.8. The van der Waals surface area contributed by atoms with Crippen LogP contribution in [0.5, 0.6) is 5.75 Å². The maximum atomic E-state index is 13.3. The average Bonchev–Trinajstić information content (AvgIpc) is 2.37. The van der Waals surface area contributed by atoms with Crippen molar-refractivity contribution in [1.82, 2.24) is 0 Å². The lowest BCUT2D eigenvalue weighted by atomic mass is 10.3. The Morgan fingerprint density at radius 2 is 2.21 bits per heavy atom. The minimum atomic E-state index is -0.802. The fraction of sp³-hybridized carbons (Fsp3) is 0.300. The molecule has 104 valence electrons. The molecule has 0 aliphatic carbocycles. The van der Waals surface area contributed by atoms with E-state index in [4.69, 9.17) is 4.74 Å². The smallest absolute Gasteiger partial charge is 0.322 e. The summed E-state index contributed by atoms with van der Waals surface area (Å²) < 4.78 is 22.8. The quantitative estimate of drug-likeness (QED) is 0.328. The molecule has 0 radical (unpaired) electrons. The standard InChI is InChI=1S/C10H8Br2FNO5/c1-18-10(15)6(12)4-19-9-3-7(13)5(11)2-8(9)14(16)17/h2-3,6H,4H2,1H3. The Bertz CT molecular complexity index is 511. The van der Waals surface area contributed by atoms with E-state index in [9.17, 15) is 19.3 Å². The molecular formula is C10H8Br2FNO5. The number of hydrogen-bond acceptors (Lipinski definition) is 5. The van der Waals surface area contributed by atoms with Crippen LogP contribution in [0.2, 0.25) is 0 Å². The molecule has 0 aliphatic heterocycles. The molecule has 0 fully saturated rings. The zero-order chi connectivity index (χ0) is 14.6. The molecule has 19 heavy (non-hydrogen) atoms. The van der Waals surface area contributed by atoms with Crippen molar-refractivity contribution in [1.29, 1.82) is 0 Å². The molecule has 0 bridgehead atoms. The van der Waals surface area contributed by atoms with Gasteiger partial charge in [0.25, 0.3) is 0 Å². The second kappa shape index (κ2) is 6.80. The van der Waals surface area contributed by atoms with Crippen LogP contribution in [0.25, 0.3) is 0 Å². The number of ether oxygens (including phenoxy) is 2. The van der Waals surface area contributed by atoms with Crippen molar-refractivity contribution >= 4 is 43.5 Å². The van der Waals surface area contributed by atoms with Crippen LogP contribution in [-0.4, -0.2) is 29.4 Å². The normalized spacial score (nSPS) is 11.8. The minimum absolute atomic E-state index is 0.0464. The van der Waals surface area contributed by atoms with Gasteiger partial charge < -0.3 is 9.47 Å². The molecule has 6 nitrogen and oxygen atoms in total. The number of rotatable bonds is 5. The first-order chi connectivity index (χ1) is 8.86. The molecule has 0 aromatic heterocycles. The minimum Gasteiger partial charge on any atom is -0.485 e. The van der Waals surface area contributed by atoms with Crippen molar-refractivity contribution in [2.75, 3.05) is 13.7 Å². The Morgan fingerprint density at radius 1 is 1.58 bits per heavy atom. The second-order valence-electron chi connectivity index (χ2n) is 3.29. The number of methoxy groups -OCH3 is 1. The van der Waals surface area contributed by atoms with Crippen molar-refractivity contribution < 1.29 is 23.6 Å². The van der Waals surface area contributed by atoms with Crippen molar-refractivity contribution in [2.24, 2.45) is 0 Å². The molecular weight excluding hydrogens is 393 g/mol. The molecule has 0 aliphatic rings. The largest absolute Gasteiger partial charge is 0.485 e. The Hall–Kier alpha value is -1.22. The summed E-state index contributed by atoms with van der Waals surface area (Å²) in [6.07, 6.45) is 0. The monoisotopic (exact) mass is 399 g/mol. The lowest BCUT2D eigenvalue weighted by Gasteiger charge is -2.10. The third-order valence-corrected chi connectivity index (χ3v) is 3.29. The van der Waals surface area contributed by atoms with E-state index in [-0.39, 0.29) is 16.8 Å². The third kappa shape index (κ3) is 4.13. The van der Waals surface area contributed by atoms with Crippen molar-refractivity contribution in [3.05, 3.63) is 32.5 Å². The van der Waals surface area contributed by atoms with Crippen LogP contribution in [0.4, 0.5) is 10.1 Å². The zero-order valence-electron chi connectivity index (χ0n) is 9.56. The zero-order valence-corrected chi connectivity index (χ0v) is 12.7. The van der Waals surface area contributed by atoms with Crippen LogP contribution >= 0.6 is 31.9 Å². The Morgan fingerprint density at radius 3 is 2.74 bits per heavy atom. The Kier molecular flexibility index (Phi) is 5.67. The number of carbonyl (C=O) groups is 1. The number of carbonyl (C=O) groups excluding carboxylic acids is 1. The summed E-state index contributed by atoms with van der Waals surface area (Å²) in [4.78, 5) is 20.4. The molecule has 1 aromatic carbocycles. The maximum absolute atomic E-state index is 13.3. The number of nitrogens with zero attached hydrogens (tertiary/aromatic N) is 1. The van der Waals surface area contributed by atoms with Gasteiger partial charge >= 0.3 is 11.7 Å². The van der Waals surface area contributed by atoms with E-state index in [0.29, 0.717) is 0 Å². The summed E-state index contributed by atoms with van der Waals surface area (Å²) in [6.45, 7) is -0.228. The number of halogens is 3. The van der Waals surface area contributed by atoms with Crippen molar-refractivity contribution in [3.63, 3.8) is 0 Å². The first kappa shape index (κ1) is 15.8. The van der Waals surface area contributed by atoms with E-state index in [0.717, 1.165) is 12.1 Å². The summed E-state index contributed by atoms with van der Waals surface area (Å²) in [6, 6.07) is 1.87. The molecule has 1 aromatic rings. The topological polar surface area (TPSA) is 78.7 Å². The summed E-state index contributed by atoms with van der Waals surface area (Å²) in [5.74, 6) is -1.57. The fourth-order valence-electron chi connectivity index (χ4n) is 1.14. The highest BCUT2D eigenvalue weighted by molar-refractivity contribution is 9.10. The van der Waals surface area contributed by atoms with Gasteiger partial charge in [0.05, 0.1) is 16.5 Å². The van der Waals surface area contributed by atoms with E-state index >= 15 is 0 Å². The molecule has 1 atom stereocenters. The highest BCUT2D eigenvalue weighted by Gasteiger charge is 2.22. The molecule has 9 heteroatoms. The third-order valence-electron chi connectivity index (χ3n) is 2.04. The van der Waals surface area contributed by atoms with Gasteiger partial charge in [-0.05, 0) is 15.9 Å². The van der Waals surface area contributed by atoms with Gasteiger partial charge in [-0.3, -0.25) is 14.9 Å². The van der Waals surface area contributed by atoms with E-state index in [1.54, 1.807) is 0 Å². The first-order valence-electron chi connectivity index (χ1n) is 4.85. The summed E-state index contributed by atoms with van der Waals surface area (Å²) in [7, 11) is 1.19. The molecule has 0 saturated carbocycles. The highest BCUT2D eigenvalue weighted by atomic mass is 79.9. The lowest BCUT2D eigenvalue weighted by Crippen LogP contribution is -2.23. The molecule has 0 saturated heterocycles. The van der Waals surface area contributed by atoms with E-state index in [1.165, 1.54) is 7.11 Å². The van der Waals surface area contributed by atoms with Crippen molar-refractivity contribution in [2.45, 2.75) is 4.83 Å². The van der Waals surface area contributed by atoms with Crippen LogP contribution in [-0.2, 0) is 9.53 Å². The number of benzene rings is 1. The Balaban J connectivity index is 2.91. The van der Waals surface area contributed by atoms with Gasteiger partial charge in [0.2, 0.25) is 0 Å². The molecule has 0 N–H and O–H groups in total. The number of esters is 1. The fourth-order valence-corrected chi connectivity index (χ4v) is 1.79. The average molecular weight is 401 g/mol. The first-order valence-corrected chi connectivity index (χ1v) is 6.55. The number of hydrogen-bond donors (Lipinski definition) is 0. The van der Waals surface area contributed by atoms with Crippen LogP contribution in [0.3, 0.4) is 0 Å². The summed E-state index contributed by atoms with van der Waals surface area (Å²) >= 11 is 5.83. The number of nitro groups is 1. The maximum Gasteiger partial charge on any atom is 0.322 e. The van der Waals surface area contributed by atoms with E-state index in [1.807, 2.05) is 0 Å². The predicted molar refractivity (Wildman–Crippen MR) is 71.0 cm³/mol. The second-order valence-corrected chi connectivity index (χ2v) is 5.25. The SMILES string of the molecule is COC(=O)C(Br)COc1cc(F)c(Br)cc1[N+](=O)[O-]. The molecule has 1 rings (SSSR count). The van der Waals surface area contributed by atoms with Crippen LogP contribution in [0, 0.1) is 15.9 Å². The van der Waals surface area contributed by atoms with Crippen LogP contribution in [0.15, 0.2) is 16.6 Å². The molecule has 1 unspecified atom stereocenters.